The molecule has 0 spiro atoms. The van der Waals surface area contributed by atoms with Gasteiger partial charge in [-0.2, -0.15) is 0 Å². The van der Waals surface area contributed by atoms with E-state index in [1.165, 1.54) is 25.7 Å². The number of hydrogen-bond donors (Lipinski definition) is 0. The summed E-state index contributed by atoms with van der Waals surface area (Å²) in [5.74, 6) is 1.42. The zero-order valence-corrected chi connectivity index (χ0v) is 12.6. The number of ether oxygens (including phenoxy) is 1. The summed E-state index contributed by atoms with van der Waals surface area (Å²) in [5.41, 5.74) is 1.09. The first-order chi connectivity index (χ1) is 8.17. The number of unbranched alkanes of at least 4 members (excludes halogenated alkanes) is 1. The van der Waals surface area contributed by atoms with E-state index in [9.17, 15) is 0 Å². The fourth-order valence-electron chi connectivity index (χ4n) is 1.77. The minimum absolute atomic E-state index is 0.653. The first-order valence-electron chi connectivity index (χ1n) is 6.42. The summed E-state index contributed by atoms with van der Waals surface area (Å²) in [4.78, 5) is 4.30. The normalized spacial score (nSPS) is 12.5. The molecular formula is C14H22BrNO. The first-order valence-corrected chi connectivity index (χ1v) is 7.21. The molecule has 1 aromatic heterocycles. The first kappa shape index (κ1) is 14.5. The zero-order chi connectivity index (χ0) is 12.7. The van der Waals surface area contributed by atoms with E-state index in [1.807, 2.05) is 13.0 Å². The maximum absolute atomic E-state index is 5.81. The van der Waals surface area contributed by atoms with Crippen molar-refractivity contribution in [3.63, 3.8) is 0 Å². The lowest BCUT2D eigenvalue weighted by atomic mass is 10.0. The van der Waals surface area contributed by atoms with Crippen molar-refractivity contribution in [3.05, 3.63) is 22.3 Å². The van der Waals surface area contributed by atoms with Crippen LogP contribution in [0.25, 0.3) is 0 Å². The highest BCUT2D eigenvalue weighted by Crippen LogP contribution is 2.20. The van der Waals surface area contributed by atoms with Gasteiger partial charge in [0.15, 0.2) is 0 Å². The van der Waals surface area contributed by atoms with Gasteiger partial charge < -0.3 is 4.74 Å². The monoisotopic (exact) mass is 299 g/mol. The molecule has 0 radical (unpaired) electrons. The number of aromatic nitrogens is 1. The molecule has 0 aliphatic heterocycles. The van der Waals surface area contributed by atoms with Crippen LogP contribution in [0.15, 0.2) is 16.7 Å². The minimum atomic E-state index is 0.653. The molecule has 0 N–H and O–H groups in total. The van der Waals surface area contributed by atoms with Gasteiger partial charge in [-0.25, -0.2) is 4.98 Å². The van der Waals surface area contributed by atoms with Crippen LogP contribution in [-0.4, -0.2) is 11.6 Å². The molecular weight excluding hydrogens is 278 g/mol. The van der Waals surface area contributed by atoms with E-state index in [4.69, 9.17) is 4.74 Å². The summed E-state index contributed by atoms with van der Waals surface area (Å²) in [7, 11) is 0. The minimum Gasteiger partial charge on any atom is -0.477 e. The van der Waals surface area contributed by atoms with Crippen molar-refractivity contribution in [1.82, 2.24) is 4.98 Å². The smallest absolute Gasteiger partial charge is 0.216 e. The Balaban J connectivity index is 2.47. The zero-order valence-electron chi connectivity index (χ0n) is 11.0. The lowest BCUT2D eigenvalue weighted by Crippen LogP contribution is -2.12. The van der Waals surface area contributed by atoms with Crippen LogP contribution in [0.2, 0.25) is 0 Å². The van der Waals surface area contributed by atoms with Crippen molar-refractivity contribution in [1.29, 1.82) is 0 Å². The summed E-state index contributed by atoms with van der Waals surface area (Å²) in [5, 5.41) is 0. The largest absolute Gasteiger partial charge is 0.477 e. The maximum atomic E-state index is 5.81. The highest BCUT2D eigenvalue weighted by molar-refractivity contribution is 9.10. The Morgan fingerprint density at radius 1 is 1.41 bits per heavy atom. The molecule has 0 aliphatic carbocycles. The molecule has 1 aromatic rings. The average Bonchev–Trinajstić information content (AvgIpc) is 2.31. The van der Waals surface area contributed by atoms with Crippen molar-refractivity contribution >= 4 is 15.9 Å². The predicted octanol–water partition coefficient (Wildman–Crippen LogP) is 4.75. The van der Waals surface area contributed by atoms with Gasteiger partial charge in [0.1, 0.15) is 0 Å². The summed E-state index contributed by atoms with van der Waals surface area (Å²) in [6.45, 7) is 7.27. The highest BCUT2D eigenvalue weighted by atomic mass is 79.9. The van der Waals surface area contributed by atoms with Crippen molar-refractivity contribution in [2.75, 3.05) is 6.61 Å². The highest BCUT2D eigenvalue weighted by Gasteiger charge is 2.08. The molecule has 0 fully saturated rings. The molecule has 0 aromatic carbocycles. The van der Waals surface area contributed by atoms with Gasteiger partial charge in [0, 0.05) is 16.2 Å². The molecule has 17 heavy (non-hydrogen) atoms. The maximum Gasteiger partial charge on any atom is 0.216 e. The Bertz CT molecular complexity index is 341. The van der Waals surface area contributed by atoms with Gasteiger partial charge in [-0.05, 0) is 41.3 Å². The molecule has 1 heterocycles. The van der Waals surface area contributed by atoms with Gasteiger partial charge >= 0.3 is 0 Å². The van der Waals surface area contributed by atoms with Crippen LogP contribution < -0.4 is 4.74 Å². The van der Waals surface area contributed by atoms with Crippen LogP contribution >= 0.6 is 15.9 Å². The second-order valence-electron chi connectivity index (χ2n) is 4.50. The van der Waals surface area contributed by atoms with E-state index < -0.39 is 0 Å². The van der Waals surface area contributed by atoms with Crippen LogP contribution in [0.4, 0.5) is 0 Å². The van der Waals surface area contributed by atoms with Gasteiger partial charge in [0.2, 0.25) is 5.88 Å². The van der Waals surface area contributed by atoms with Crippen molar-refractivity contribution in [2.24, 2.45) is 5.92 Å². The summed E-state index contributed by atoms with van der Waals surface area (Å²) < 4.78 is 6.81. The molecule has 1 rings (SSSR count). The molecule has 1 unspecified atom stereocenters. The molecule has 3 heteroatoms. The molecule has 0 bridgehead atoms. The molecule has 0 saturated carbocycles. The summed E-state index contributed by atoms with van der Waals surface area (Å²) in [6.07, 6.45) is 6.76. The third kappa shape index (κ3) is 5.07. The van der Waals surface area contributed by atoms with Crippen LogP contribution in [0.3, 0.4) is 0 Å². The van der Waals surface area contributed by atoms with Crippen LogP contribution in [-0.2, 0) is 0 Å². The average molecular weight is 300 g/mol. The van der Waals surface area contributed by atoms with Gasteiger partial charge in [-0.3, -0.25) is 0 Å². The van der Waals surface area contributed by atoms with Gasteiger partial charge in [0.25, 0.3) is 0 Å². The second-order valence-corrected chi connectivity index (χ2v) is 5.42. The van der Waals surface area contributed by atoms with Crippen molar-refractivity contribution in [3.8, 4) is 5.88 Å². The number of rotatable bonds is 7. The molecule has 96 valence electrons. The second kappa shape index (κ2) is 7.70. The molecule has 0 saturated heterocycles. The Labute approximate surface area is 113 Å². The third-order valence-electron chi connectivity index (χ3n) is 3.00. The molecule has 1 atom stereocenters. The standard InChI is InChI=1S/C14H22BrNO/c1-4-6-7-12(5-2)10-17-14-11(3)8-13(15)9-16-14/h8-9,12H,4-7,10H2,1-3H3. The third-order valence-corrected chi connectivity index (χ3v) is 3.43. The van der Waals surface area contributed by atoms with Gasteiger partial charge in [-0.15, -0.1) is 0 Å². The van der Waals surface area contributed by atoms with Crippen molar-refractivity contribution in [2.45, 2.75) is 46.5 Å². The SMILES string of the molecule is CCCCC(CC)COc1ncc(Br)cc1C. The number of halogens is 1. The van der Waals surface area contributed by atoms with E-state index in [0.29, 0.717) is 5.92 Å². The Hall–Kier alpha value is -0.570. The number of hydrogen-bond acceptors (Lipinski definition) is 2. The number of nitrogens with zero attached hydrogens (tertiary/aromatic N) is 1. The Morgan fingerprint density at radius 3 is 2.76 bits per heavy atom. The van der Waals surface area contributed by atoms with E-state index >= 15 is 0 Å². The topological polar surface area (TPSA) is 22.1 Å². The van der Waals surface area contributed by atoms with Crippen LogP contribution in [0, 0.1) is 12.8 Å². The fraction of sp³-hybridized carbons (Fsp3) is 0.643. The van der Waals surface area contributed by atoms with Crippen molar-refractivity contribution < 1.29 is 4.74 Å². The van der Waals surface area contributed by atoms with E-state index in [2.05, 4.69) is 34.8 Å². The van der Waals surface area contributed by atoms with Crippen LogP contribution in [0.1, 0.15) is 45.1 Å². The lowest BCUT2D eigenvalue weighted by molar-refractivity contribution is 0.224. The summed E-state index contributed by atoms with van der Waals surface area (Å²) >= 11 is 3.41. The number of aryl methyl sites for hydroxylation is 1. The van der Waals surface area contributed by atoms with E-state index in [-0.39, 0.29) is 0 Å². The predicted molar refractivity (Wildman–Crippen MR) is 75.5 cm³/mol. The lowest BCUT2D eigenvalue weighted by Gasteiger charge is -2.16. The molecule has 0 amide bonds. The Kier molecular flexibility index (Phi) is 6.56. The number of pyridine rings is 1. The van der Waals surface area contributed by atoms with Gasteiger partial charge in [-0.1, -0.05) is 33.1 Å². The fourth-order valence-corrected chi connectivity index (χ4v) is 2.22. The molecule has 0 aliphatic rings. The van der Waals surface area contributed by atoms with E-state index in [1.54, 1.807) is 6.20 Å². The van der Waals surface area contributed by atoms with Gasteiger partial charge in [0.05, 0.1) is 6.61 Å². The van der Waals surface area contributed by atoms with E-state index in [0.717, 1.165) is 22.5 Å². The van der Waals surface area contributed by atoms with Crippen LogP contribution in [0.5, 0.6) is 5.88 Å². The quantitative estimate of drug-likeness (QED) is 0.725. The molecule has 2 nitrogen and oxygen atoms in total. The Morgan fingerprint density at radius 2 is 2.18 bits per heavy atom. The summed E-state index contributed by atoms with van der Waals surface area (Å²) in [6, 6.07) is 2.04.